The van der Waals surface area contributed by atoms with Gasteiger partial charge in [0.15, 0.2) is 0 Å². The van der Waals surface area contributed by atoms with E-state index in [-0.39, 0.29) is 13.0 Å². The molecule has 0 aromatic heterocycles. The van der Waals surface area contributed by atoms with Gasteiger partial charge in [0, 0.05) is 19.5 Å². The van der Waals surface area contributed by atoms with Crippen molar-refractivity contribution in [3.63, 3.8) is 0 Å². The molecule has 0 aromatic rings. The maximum absolute atomic E-state index is 12.9. The van der Waals surface area contributed by atoms with Crippen LogP contribution in [0.1, 0.15) is 184 Å². The van der Waals surface area contributed by atoms with E-state index in [1.165, 1.54) is 96.3 Å². The van der Waals surface area contributed by atoms with Crippen LogP contribution in [-0.2, 0) is 9.59 Å². The minimum Gasteiger partial charge on any atom is -0.481 e. The van der Waals surface area contributed by atoms with Crippen molar-refractivity contribution >= 4 is 11.9 Å². The second-order valence-corrected chi connectivity index (χ2v) is 14.6. The Hall–Kier alpha value is -1.58. The number of carbonyl (C=O) groups is 2. The summed E-state index contributed by atoms with van der Waals surface area (Å²) in [5.74, 6) is 7.61. The topological polar surface area (TPSA) is 110 Å². The smallest absolute Gasteiger partial charge is 0.304 e. The summed E-state index contributed by atoms with van der Waals surface area (Å²) in [5.41, 5.74) is 10.3. The molecule has 6 heteroatoms. The van der Waals surface area contributed by atoms with Crippen molar-refractivity contribution in [1.29, 1.82) is 0 Å². The number of hydrogen-bond donors (Lipinski definition) is 3. The van der Waals surface area contributed by atoms with Crippen LogP contribution in [-0.4, -0.2) is 48.1 Å². The molecular weight excluding hydrogens is 606 g/mol. The van der Waals surface area contributed by atoms with E-state index in [4.69, 9.17) is 23.0 Å². The molecule has 5 N–H and O–H groups in total. The molecule has 3 aliphatic carbocycles. The molecule has 0 aromatic carbocycles. The summed E-state index contributed by atoms with van der Waals surface area (Å²) in [6.07, 6.45) is 29.2. The Morgan fingerprint density at radius 2 is 1.47 bits per heavy atom. The molecule has 0 spiro atoms. The van der Waals surface area contributed by atoms with Gasteiger partial charge in [-0.15, -0.1) is 6.42 Å². The van der Waals surface area contributed by atoms with Gasteiger partial charge in [-0.25, -0.2) is 0 Å². The summed E-state index contributed by atoms with van der Waals surface area (Å²) in [6, 6.07) is 0. The summed E-state index contributed by atoms with van der Waals surface area (Å²) in [6.45, 7) is 22.2. The summed E-state index contributed by atoms with van der Waals surface area (Å²) in [5, 5.41) is 7.83. The van der Waals surface area contributed by atoms with Crippen LogP contribution in [0.4, 0.5) is 0 Å². The van der Waals surface area contributed by atoms with E-state index in [2.05, 4.69) is 33.6 Å². The predicted octanol–water partition coefficient (Wildman–Crippen LogP) is 10.7. The van der Waals surface area contributed by atoms with Crippen LogP contribution in [0.25, 0.3) is 0 Å². The quantitative estimate of drug-likeness (QED) is 0.110. The Balaban J connectivity index is 0. The second kappa shape index (κ2) is 31.2. The summed E-state index contributed by atoms with van der Waals surface area (Å²) in [7, 11) is 0. The molecular formula is C43H85N3O3. The van der Waals surface area contributed by atoms with Gasteiger partial charge in [0.2, 0.25) is 5.91 Å². The van der Waals surface area contributed by atoms with Crippen molar-refractivity contribution in [2.24, 2.45) is 52.4 Å². The van der Waals surface area contributed by atoms with Gasteiger partial charge in [-0.2, -0.15) is 0 Å². The fraction of sp³-hybridized carbons (Fsp3) is 0.907. The molecule has 4 unspecified atom stereocenters. The van der Waals surface area contributed by atoms with Crippen molar-refractivity contribution in [1.82, 2.24) is 4.90 Å². The van der Waals surface area contributed by atoms with E-state index < -0.39 is 5.97 Å². The highest BCUT2D eigenvalue weighted by Crippen LogP contribution is 2.60. The Morgan fingerprint density at radius 3 is 2.02 bits per heavy atom. The van der Waals surface area contributed by atoms with Crippen molar-refractivity contribution in [2.45, 2.75) is 184 Å². The van der Waals surface area contributed by atoms with Gasteiger partial charge in [-0.1, -0.05) is 120 Å². The number of terminal acetylenes is 1. The molecule has 49 heavy (non-hydrogen) atoms. The zero-order valence-corrected chi connectivity index (χ0v) is 34.2. The molecule has 0 radical (unpaired) electrons. The fourth-order valence-electron chi connectivity index (χ4n) is 9.33. The van der Waals surface area contributed by atoms with Crippen LogP contribution >= 0.6 is 0 Å². The Labute approximate surface area is 306 Å². The van der Waals surface area contributed by atoms with E-state index in [0.29, 0.717) is 24.3 Å². The SMILES string of the molecule is C#CCN(CCCCCCCC)C(=O)CCC[C@H]1CCC(C2CCC3CCCC[C@]3(C)C2CC)[C@H]1C.CC.CC.CCN.NCCC(=O)O. The van der Waals surface area contributed by atoms with E-state index >= 15 is 0 Å². The monoisotopic (exact) mass is 692 g/mol. The summed E-state index contributed by atoms with van der Waals surface area (Å²) >= 11 is 0. The molecule has 3 rings (SSSR count). The average molecular weight is 692 g/mol. The standard InChI is InChI=1S/C34H59NO.C3H7NO2.C2H7N.2C2H6/c1-6-9-10-11-12-15-26-35(25-7-2)33(36)19-16-17-28-20-22-30(27(28)4)31-23-21-29-18-13-14-24-34(29,5)32(31)8-3;4-2-1-3(5)6;1-2-3;2*1-2/h2,27-32H,6,8-26H2,1,3-5H3;1-2,4H2,(H,5,6);2-3H2,1H3;2*1-2H3/t27-,28-,29?,30?,31?,32?,34-;;;;/m0..../s1. The Bertz CT molecular complexity index is 843. The first-order valence-electron chi connectivity index (χ1n) is 21.0. The van der Waals surface area contributed by atoms with Crippen LogP contribution in [0.3, 0.4) is 0 Å². The maximum Gasteiger partial charge on any atom is 0.304 e. The number of aliphatic carboxylic acids is 1. The highest BCUT2D eigenvalue weighted by atomic mass is 16.4. The third-order valence-corrected chi connectivity index (χ3v) is 11.7. The summed E-state index contributed by atoms with van der Waals surface area (Å²) < 4.78 is 0. The number of amides is 1. The number of fused-ring (bicyclic) bond motifs is 1. The van der Waals surface area contributed by atoms with Gasteiger partial charge in [0.25, 0.3) is 0 Å². The first-order valence-corrected chi connectivity index (χ1v) is 21.0. The number of carbonyl (C=O) groups excluding carboxylic acids is 1. The number of unbranched alkanes of at least 4 members (excludes halogenated alkanes) is 5. The first kappa shape index (κ1) is 49.5. The van der Waals surface area contributed by atoms with Gasteiger partial charge in [-0.05, 0) is 105 Å². The molecule has 7 atom stereocenters. The van der Waals surface area contributed by atoms with Crippen LogP contribution in [0.5, 0.6) is 0 Å². The minimum atomic E-state index is -0.836. The van der Waals surface area contributed by atoms with Crippen LogP contribution < -0.4 is 11.5 Å². The molecule has 6 nitrogen and oxygen atoms in total. The molecule has 290 valence electrons. The van der Waals surface area contributed by atoms with Crippen LogP contribution in [0.2, 0.25) is 0 Å². The van der Waals surface area contributed by atoms with Gasteiger partial charge in [-0.3, -0.25) is 9.59 Å². The van der Waals surface area contributed by atoms with E-state index in [1.54, 1.807) is 0 Å². The van der Waals surface area contributed by atoms with Crippen molar-refractivity contribution in [2.75, 3.05) is 26.2 Å². The molecule has 3 aliphatic rings. The van der Waals surface area contributed by atoms with E-state index in [0.717, 1.165) is 61.4 Å². The van der Waals surface area contributed by atoms with Gasteiger partial charge in [0.05, 0.1) is 13.0 Å². The van der Waals surface area contributed by atoms with Crippen LogP contribution in [0, 0.1) is 53.3 Å². The fourth-order valence-corrected chi connectivity index (χ4v) is 9.33. The number of carboxylic acids is 1. The van der Waals surface area contributed by atoms with E-state index in [1.807, 2.05) is 39.5 Å². The third-order valence-electron chi connectivity index (χ3n) is 11.7. The largest absolute Gasteiger partial charge is 0.481 e. The highest BCUT2D eigenvalue weighted by Gasteiger charge is 2.51. The average Bonchev–Trinajstić information content (AvgIpc) is 3.46. The number of rotatable bonds is 16. The normalized spacial score (nSPS) is 26.7. The van der Waals surface area contributed by atoms with E-state index in [9.17, 15) is 9.59 Å². The Kier molecular flexibility index (Phi) is 31.5. The summed E-state index contributed by atoms with van der Waals surface area (Å²) in [4.78, 5) is 24.4. The minimum absolute atomic E-state index is 0.0694. The number of carboxylic acid groups (broad SMARTS) is 1. The molecule has 0 heterocycles. The molecule has 0 saturated heterocycles. The molecule has 3 saturated carbocycles. The third kappa shape index (κ3) is 18.5. The number of hydrogen-bond acceptors (Lipinski definition) is 4. The van der Waals surface area contributed by atoms with Crippen molar-refractivity contribution in [3.05, 3.63) is 0 Å². The zero-order chi connectivity index (χ0) is 37.7. The lowest BCUT2D eigenvalue weighted by Crippen LogP contribution is -2.47. The molecule has 0 bridgehead atoms. The second-order valence-electron chi connectivity index (χ2n) is 14.6. The van der Waals surface area contributed by atoms with Crippen molar-refractivity contribution in [3.8, 4) is 12.3 Å². The zero-order valence-electron chi connectivity index (χ0n) is 34.2. The number of nitrogens with zero attached hydrogens (tertiary/aromatic N) is 1. The van der Waals surface area contributed by atoms with Gasteiger partial charge in [0.1, 0.15) is 0 Å². The lowest BCUT2D eigenvalue weighted by molar-refractivity contribution is -0.136. The Morgan fingerprint density at radius 1 is 0.857 bits per heavy atom. The highest BCUT2D eigenvalue weighted by molar-refractivity contribution is 5.76. The van der Waals surface area contributed by atoms with Gasteiger partial charge >= 0.3 is 5.97 Å². The predicted molar refractivity (Wildman–Crippen MR) is 213 cm³/mol. The molecule has 3 fully saturated rings. The molecule has 0 aliphatic heterocycles. The maximum atomic E-state index is 12.9. The number of nitrogens with two attached hydrogens (primary N) is 2. The first-order chi connectivity index (χ1) is 23.6. The lowest BCUT2D eigenvalue weighted by atomic mass is 9.49. The lowest BCUT2D eigenvalue weighted by Gasteiger charge is -2.55. The van der Waals surface area contributed by atoms with Crippen LogP contribution in [0.15, 0.2) is 0 Å². The van der Waals surface area contributed by atoms with Gasteiger partial charge < -0.3 is 21.5 Å². The molecule has 1 amide bonds. The van der Waals surface area contributed by atoms with Crippen molar-refractivity contribution < 1.29 is 14.7 Å².